The van der Waals surface area contributed by atoms with Crippen LogP contribution >= 0.6 is 0 Å². The maximum absolute atomic E-state index is 12.5. The molecule has 0 spiro atoms. The Morgan fingerprint density at radius 1 is 0.828 bits per heavy atom. The van der Waals surface area contributed by atoms with E-state index in [1.54, 1.807) is 50.2 Å². The van der Waals surface area contributed by atoms with Crippen molar-refractivity contribution in [3.05, 3.63) is 60.2 Å². The Labute approximate surface area is 170 Å². The minimum absolute atomic E-state index is 0.226. The Morgan fingerprint density at radius 2 is 1.41 bits per heavy atom. The molecule has 0 unspecified atom stereocenters. The summed E-state index contributed by atoms with van der Waals surface area (Å²) in [7, 11) is 0. The molecule has 2 rings (SSSR count). The summed E-state index contributed by atoms with van der Waals surface area (Å²) in [5.41, 5.74) is 2.29. The summed E-state index contributed by atoms with van der Waals surface area (Å²) in [5, 5.41) is 7.97. The molecule has 0 aliphatic heterocycles. The number of hydrogen-bond acceptors (Lipinski definition) is 4. The third kappa shape index (κ3) is 6.95. The molecule has 0 aliphatic carbocycles. The highest BCUT2D eigenvalue weighted by Gasteiger charge is 2.29. The van der Waals surface area contributed by atoms with Crippen molar-refractivity contribution in [1.82, 2.24) is 5.32 Å². The molecule has 2 atom stereocenters. The Hall–Kier alpha value is -3.35. The first-order chi connectivity index (χ1) is 13.8. The molecule has 0 aliphatic rings. The van der Waals surface area contributed by atoms with E-state index in [0.717, 1.165) is 5.56 Å². The number of amides is 3. The van der Waals surface area contributed by atoms with Crippen LogP contribution in [0.4, 0.5) is 16.2 Å². The number of carbonyl (C=O) groups excluding carboxylic acids is 3. The Balaban J connectivity index is 1.92. The van der Waals surface area contributed by atoms with Gasteiger partial charge in [0.2, 0.25) is 0 Å². The Morgan fingerprint density at radius 3 is 2.00 bits per heavy atom. The average Bonchev–Trinajstić information content (AvgIpc) is 2.68. The van der Waals surface area contributed by atoms with Gasteiger partial charge in [-0.1, -0.05) is 49.7 Å². The van der Waals surface area contributed by atoms with Gasteiger partial charge in [-0.2, -0.15) is 0 Å². The number of anilines is 2. The molecule has 0 heterocycles. The Bertz CT molecular complexity index is 835. The number of ether oxygens (including phenoxy) is 1. The van der Waals surface area contributed by atoms with E-state index >= 15 is 0 Å². The van der Waals surface area contributed by atoms with E-state index in [1.165, 1.54) is 6.92 Å². The van der Waals surface area contributed by atoms with Gasteiger partial charge in [0.15, 0.2) is 6.10 Å². The third-order valence-corrected chi connectivity index (χ3v) is 4.22. The van der Waals surface area contributed by atoms with Crippen molar-refractivity contribution in [2.45, 2.75) is 39.8 Å². The maximum Gasteiger partial charge on any atom is 0.329 e. The molecule has 3 N–H and O–H groups in total. The maximum atomic E-state index is 12.5. The summed E-state index contributed by atoms with van der Waals surface area (Å²) in [6, 6.07) is 14.8. The fraction of sp³-hybridized carbons (Fsp3) is 0.318. The number of rotatable bonds is 7. The van der Waals surface area contributed by atoms with Crippen molar-refractivity contribution in [3.8, 4) is 0 Å². The lowest BCUT2D eigenvalue weighted by atomic mass is 10.0. The summed E-state index contributed by atoms with van der Waals surface area (Å²) in [5.74, 6) is -1.34. The monoisotopic (exact) mass is 397 g/mol. The first-order valence-electron chi connectivity index (χ1n) is 9.47. The minimum atomic E-state index is -1.01. The summed E-state index contributed by atoms with van der Waals surface area (Å²) in [6.45, 7) is 7.00. The van der Waals surface area contributed by atoms with Crippen LogP contribution in [-0.2, 0) is 14.3 Å². The zero-order chi connectivity index (χ0) is 21.4. The molecule has 3 amide bonds. The van der Waals surface area contributed by atoms with Gasteiger partial charge in [-0.05, 0) is 44.0 Å². The van der Waals surface area contributed by atoms with Crippen LogP contribution in [0.15, 0.2) is 54.6 Å². The average molecular weight is 397 g/mol. The molecular formula is C22H27N3O4. The van der Waals surface area contributed by atoms with Crippen molar-refractivity contribution in [2.24, 2.45) is 5.92 Å². The molecule has 7 heteroatoms. The molecule has 2 aromatic carbocycles. The highest BCUT2D eigenvalue weighted by molar-refractivity contribution is 5.96. The highest BCUT2D eigenvalue weighted by atomic mass is 16.5. The molecule has 29 heavy (non-hydrogen) atoms. The van der Waals surface area contributed by atoms with Crippen molar-refractivity contribution < 1.29 is 19.1 Å². The Kier molecular flexibility index (Phi) is 7.77. The fourth-order valence-electron chi connectivity index (χ4n) is 2.51. The van der Waals surface area contributed by atoms with Crippen molar-refractivity contribution in [2.75, 3.05) is 10.6 Å². The standard InChI is InChI=1S/C22H27N3O4/c1-14(2)19(25-22(28)24-17-8-6-5-7-9-17)21(27)29-16(4)20(26)23-18-12-10-15(3)11-13-18/h5-14,16,19H,1-4H3,(H,23,26)(H2,24,25,28)/t16-,19+/m0/s1. The fourth-order valence-corrected chi connectivity index (χ4v) is 2.51. The van der Waals surface area contributed by atoms with Crippen molar-refractivity contribution in [3.63, 3.8) is 0 Å². The molecule has 7 nitrogen and oxygen atoms in total. The molecule has 0 radical (unpaired) electrons. The topological polar surface area (TPSA) is 96.5 Å². The van der Waals surface area contributed by atoms with Crippen LogP contribution in [0.3, 0.4) is 0 Å². The zero-order valence-electron chi connectivity index (χ0n) is 17.1. The van der Waals surface area contributed by atoms with Gasteiger partial charge < -0.3 is 20.7 Å². The van der Waals surface area contributed by atoms with E-state index in [9.17, 15) is 14.4 Å². The van der Waals surface area contributed by atoms with Crippen molar-refractivity contribution >= 4 is 29.3 Å². The smallest absolute Gasteiger partial charge is 0.329 e. The van der Waals surface area contributed by atoms with Gasteiger partial charge in [-0.3, -0.25) is 4.79 Å². The summed E-state index contributed by atoms with van der Waals surface area (Å²) in [4.78, 5) is 37.1. The first-order valence-corrected chi connectivity index (χ1v) is 9.47. The van der Waals surface area contributed by atoms with Crippen LogP contribution in [-0.4, -0.2) is 30.1 Å². The summed E-state index contributed by atoms with van der Waals surface area (Å²) < 4.78 is 5.29. The lowest BCUT2D eigenvalue weighted by molar-refractivity contribution is -0.156. The third-order valence-electron chi connectivity index (χ3n) is 4.22. The normalized spacial score (nSPS) is 12.6. The first kappa shape index (κ1) is 21.9. The SMILES string of the molecule is Cc1ccc(NC(=O)[C@H](C)OC(=O)[C@H](NC(=O)Nc2ccccc2)C(C)C)cc1. The van der Waals surface area contributed by atoms with E-state index in [-0.39, 0.29) is 5.92 Å². The lowest BCUT2D eigenvalue weighted by Gasteiger charge is -2.23. The van der Waals surface area contributed by atoms with Crippen molar-refractivity contribution in [1.29, 1.82) is 0 Å². The number of urea groups is 1. The summed E-state index contributed by atoms with van der Waals surface area (Å²) in [6.07, 6.45) is -1.01. The van der Waals surface area contributed by atoms with Gasteiger partial charge in [0.05, 0.1) is 0 Å². The second-order valence-electron chi connectivity index (χ2n) is 7.12. The predicted octanol–water partition coefficient (Wildman–Crippen LogP) is 3.71. The summed E-state index contributed by atoms with van der Waals surface area (Å²) >= 11 is 0. The van der Waals surface area contributed by atoms with Gasteiger partial charge in [-0.25, -0.2) is 9.59 Å². The number of nitrogens with one attached hydrogen (secondary N) is 3. The van der Waals surface area contributed by atoms with Gasteiger partial charge in [-0.15, -0.1) is 0 Å². The van der Waals surface area contributed by atoms with Gasteiger partial charge in [0.1, 0.15) is 6.04 Å². The van der Waals surface area contributed by atoms with Crippen LogP contribution in [0.5, 0.6) is 0 Å². The molecule has 0 saturated heterocycles. The van der Waals surface area contributed by atoms with E-state index in [0.29, 0.717) is 11.4 Å². The van der Waals surface area contributed by atoms with Crippen LogP contribution < -0.4 is 16.0 Å². The largest absolute Gasteiger partial charge is 0.451 e. The molecule has 0 saturated carbocycles. The second-order valence-corrected chi connectivity index (χ2v) is 7.12. The number of aryl methyl sites for hydroxylation is 1. The van der Waals surface area contributed by atoms with Crippen LogP contribution in [0.1, 0.15) is 26.3 Å². The van der Waals surface area contributed by atoms with Crippen LogP contribution in [0, 0.1) is 12.8 Å². The predicted molar refractivity (Wildman–Crippen MR) is 113 cm³/mol. The number of hydrogen-bond donors (Lipinski definition) is 3. The molecular weight excluding hydrogens is 370 g/mol. The molecule has 0 fully saturated rings. The highest BCUT2D eigenvalue weighted by Crippen LogP contribution is 2.12. The number of carbonyl (C=O) groups is 3. The second kappa shape index (κ2) is 10.3. The van der Waals surface area contributed by atoms with Crippen LogP contribution in [0.25, 0.3) is 0 Å². The molecule has 2 aromatic rings. The zero-order valence-corrected chi connectivity index (χ0v) is 17.1. The molecule has 0 bridgehead atoms. The van der Waals surface area contributed by atoms with E-state index in [1.807, 2.05) is 25.1 Å². The number of benzene rings is 2. The van der Waals surface area contributed by atoms with Crippen LogP contribution in [0.2, 0.25) is 0 Å². The number of esters is 1. The molecule has 0 aromatic heterocycles. The van der Waals surface area contributed by atoms with E-state index < -0.39 is 30.1 Å². The van der Waals surface area contributed by atoms with Gasteiger partial charge in [0.25, 0.3) is 5.91 Å². The minimum Gasteiger partial charge on any atom is -0.451 e. The molecule has 154 valence electrons. The van der Waals surface area contributed by atoms with Gasteiger partial charge in [0, 0.05) is 11.4 Å². The van der Waals surface area contributed by atoms with E-state index in [4.69, 9.17) is 4.74 Å². The van der Waals surface area contributed by atoms with E-state index in [2.05, 4.69) is 16.0 Å². The number of para-hydroxylation sites is 1. The quantitative estimate of drug-likeness (QED) is 0.621. The van der Waals surface area contributed by atoms with Gasteiger partial charge >= 0.3 is 12.0 Å². The lowest BCUT2D eigenvalue weighted by Crippen LogP contribution is -2.48.